The fraction of sp³-hybridized carbons (Fsp3) is 0.333. The molecule has 0 radical (unpaired) electrons. The maximum Gasteiger partial charge on any atom is 0.319 e. The Morgan fingerprint density at radius 3 is 2.88 bits per heavy atom. The van der Waals surface area contributed by atoms with Crippen molar-refractivity contribution in [2.45, 2.75) is 20.3 Å². The van der Waals surface area contributed by atoms with Gasteiger partial charge in [0.15, 0.2) is 0 Å². The number of hydrogen-bond donors (Lipinski definition) is 2. The Morgan fingerprint density at radius 2 is 2.25 bits per heavy atom. The Bertz CT molecular complexity index is 421. The fourth-order valence-corrected chi connectivity index (χ4v) is 1.23. The Morgan fingerprint density at radius 1 is 1.50 bits per heavy atom. The van der Waals surface area contributed by atoms with Gasteiger partial charge in [0.25, 0.3) is 0 Å². The summed E-state index contributed by atoms with van der Waals surface area (Å²) in [6.07, 6.45) is 0.893. The van der Waals surface area contributed by atoms with Crippen LogP contribution in [0.5, 0.6) is 0 Å². The van der Waals surface area contributed by atoms with Crippen LogP contribution in [0.1, 0.15) is 24.5 Å². The molecule has 0 aromatic heterocycles. The molecule has 0 aliphatic heterocycles. The van der Waals surface area contributed by atoms with E-state index in [1.165, 1.54) is 0 Å². The molecule has 84 valence electrons. The van der Waals surface area contributed by atoms with E-state index in [-0.39, 0.29) is 6.03 Å². The van der Waals surface area contributed by atoms with Gasteiger partial charge in [-0.2, -0.15) is 5.26 Å². The average molecular weight is 217 g/mol. The SMILES string of the molecule is CCCNC(=O)Nc1cc(C#N)ccc1C. The number of benzene rings is 1. The van der Waals surface area contributed by atoms with Crippen molar-refractivity contribution in [3.63, 3.8) is 0 Å². The Balaban J connectivity index is 2.73. The molecule has 2 amide bonds. The van der Waals surface area contributed by atoms with Crippen molar-refractivity contribution in [3.8, 4) is 6.07 Å². The summed E-state index contributed by atoms with van der Waals surface area (Å²) < 4.78 is 0. The lowest BCUT2D eigenvalue weighted by atomic mass is 10.1. The van der Waals surface area contributed by atoms with Gasteiger partial charge in [0, 0.05) is 12.2 Å². The van der Waals surface area contributed by atoms with Crippen molar-refractivity contribution in [1.29, 1.82) is 5.26 Å². The number of hydrogen-bond acceptors (Lipinski definition) is 2. The van der Waals surface area contributed by atoms with Crippen LogP contribution in [0.3, 0.4) is 0 Å². The first-order valence-electron chi connectivity index (χ1n) is 5.23. The Labute approximate surface area is 95.3 Å². The summed E-state index contributed by atoms with van der Waals surface area (Å²) in [6, 6.07) is 7.01. The van der Waals surface area contributed by atoms with Crippen LogP contribution >= 0.6 is 0 Å². The van der Waals surface area contributed by atoms with Gasteiger partial charge in [-0.1, -0.05) is 13.0 Å². The summed E-state index contributed by atoms with van der Waals surface area (Å²) in [5, 5.41) is 14.2. The molecule has 4 heteroatoms. The molecule has 0 aliphatic carbocycles. The van der Waals surface area contributed by atoms with E-state index in [4.69, 9.17) is 5.26 Å². The zero-order valence-electron chi connectivity index (χ0n) is 9.50. The number of carbonyl (C=O) groups excluding carboxylic acids is 1. The maximum absolute atomic E-state index is 11.4. The number of aryl methyl sites for hydroxylation is 1. The maximum atomic E-state index is 11.4. The van der Waals surface area contributed by atoms with Crippen molar-refractivity contribution >= 4 is 11.7 Å². The van der Waals surface area contributed by atoms with E-state index in [0.717, 1.165) is 12.0 Å². The molecule has 1 rings (SSSR count). The van der Waals surface area contributed by atoms with Crippen molar-refractivity contribution in [2.24, 2.45) is 0 Å². The Hall–Kier alpha value is -2.02. The van der Waals surface area contributed by atoms with E-state index in [2.05, 4.69) is 10.6 Å². The normalized spacial score (nSPS) is 9.31. The van der Waals surface area contributed by atoms with Crippen LogP contribution < -0.4 is 10.6 Å². The van der Waals surface area contributed by atoms with E-state index >= 15 is 0 Å². The Kier molecular flexibility index (Phi) is 4.34. The van der Waals surface area contributed by atoms with E-state index in [1.54, 1.807) is 12.1 Å². The molecule has 0 fully saturated rings. The van der Waals surface area contributed by atoms with Crippen molar-refractivity contribution in [1.82, 2.24) is 5.32 Å². The number of nitrogens with zero attached hydrogens (tertiary/aromatic N) is 1. The van der Waals surface area contributed by atoms with Gasteiger partial charge < -0.3 is 10.6 Å². The van der Waals surface area contributed by atoms with Gasteiger partial charge in [0.1, 0.15) is 0 Å². The third kappa shape index (κ3) is 3.28. The summed E-state index contributed by atoms with van der Waals surface area (Å²) in [6.45, 7) is 4.52. The van der Waals surface area contributed by atoms with Crippen molar-refractivity contribution < 1.29 is 4.79 Å². The van der Waals surface area contributed by atoms with Gasteiger partial charge in [-0.05, 0) is 31.0 Å². The second-order valence-corrected chi connectivity index (χ2v) is 3.52. The second-order valence-electron chi connectivity index (χ2n) is 3.52. The standard InChI is InChI=1S/C12H15N3O/c1-3-6-14-12(16)15-11-7-10(8-13)5-4-9(11)2/h4-5,7H,3,6H2,1-2H3,(H2,14,15,16). The molecule has 0 heterocycles. The highest BCUT2D eigenvalue weighted by Crippen LogP contribution is 2.16. The molecule has 2 N–H and O–H groups in total. The van der Waals surface area contributed by atoms with Crippen LogP contribution in [-0.2, 0) is 0 Å². The number of rotatable bonds is 3. The highest BCUT2D eigenvalue weighted by molar-refractivity contribution is 5.90. The highest BCUT2D eigenvalue weighted by Gasteiger charge is 2.04. The summed E-state index contributed by atoms with van der Waals surface area (Å²) >= 11 is 0. The topological polar surface area (TPSA) is 64.9 Å². The van der Waals surface area contributed by atoms with Crippen molar-refractivity contribution in [3.05, 3.63) is 29.3 Å². The molecule has 0 atom stereocenters. The average Bonchev–Trinajstić information content (AvgIpc) is 2.29. The third-order valence-electron chi connectivity index (χ3n) is 2.15. The van der Waals surface area contributed by atoms with E-state index in [1.807, 2.05) is 26.0 Å². The second kappa shape index (κ2) is 5.76. The van der Waals surface area contributed by atoms with Gasteiger partial charge in [0.2, 0.25) is 0 Å². The van der Waals surface area contributed by atoms with Crippen LogP contribution in [0.4, 0.5) is 10.5 Å². The molecule has 0 spiro atoms. The molecule has 1 aromatic rings. The predicted molar refractivity (Wildman–Crippen MR) is 63.2 cm³/mol. The summed E-state index contributed by atoms with van der Waals surface area (Å²) in [5.74, 6) is 0. The number of urea groups is 1. The number of nitrogens with one attached hydrogen (secondary N) is 2. The number of anilines is 1. The quantitative estimate of drug-likeness (QED) is 0.816. The summed E-state index contributed by atoms with van der Waals surface area (Å²) in [7, 11) is 0. The molecular weight excluding hydrogens is 202 g/mol. The van der Waals surface area contributed by atoms with E-state index in [0.29, 0.717) is 17.8 Å². The smallest absolute Gasteiger partial charge is 0.319 e. The van der Waals surface area contributed by atoms with E-state index in [9.17, 15) is 4.79 Å². The number of carbonyl (C=O) groups is 1. The van der Waals surface area contributed by atoms with Crippen LogP contribution in [0.2, 0.25) is 0 Å². The van der Waals surface area contributed by atoms with Crippen molar-refractivity contribution in [2.75, 3.05) is 11.9 Å². The lowest BCUT2D eigenvalue weighted by Gasteiger charge is -2.09. The summed E-state index contributed by atoms with van der Waals surface area (Å²) in [5.41, 5.74) is 2.15. The molecule has 16 heavy (non-hydrogen) atoms. The van der Waals surface area contributed by atoms with Gasteiger partial charge in [-0.15, -0.1) is 0 Å². The highest BCUT2D eigenvalue weighted by atomic mass is 16.2. The molecule has 1 aromatic carbocycles. The number of nitriles is 1. The first-order valence-corrected chi connectivity index (χ1v) is 5.23. The van der Waals surface area contributed by atoms with Gasteiger partial charge in [0.05, 0.1) is 11.6 Å². The van der Waals surface area contributed by atoms with Gasteiger partial charge in [-0.3, -0.25) is 0 Å². The first-order chi connectivity index (χ1) is 7.67. The van der Waals surface area contributed by atoms with Crippen LogP contribution in [-0.4, -0.2) is 12.6 Å². The lowest BCUT2D eigenvalue weighted by Crippen LogP contribution is -2.29. The molecule has 0 aliphatic rings. The zero-order valence-corrected chi connectivity index (χ0v) is 9.50. The third-order valence-corrected chi connectivity index (χ3v) is 2.15. The minimum atomic E-state index is -0.236. The largest absolute Gasteiger partial charge is 0.338 e. The lowest BCUT2D eigenvalue weighted by molar-refractivity contribution is 0.252. The zero-order chi connectivity index (χ0) is 12.0. The fourth-order valence-electron chi connectivity index (χ4n) is 1.23. The minimum Gasteiger partial charge on any atom is -0.338 e. The van der Waals surface area contributed by atoms with E-state index < -0.39 is 0 Å². The molecule has 4 nitrogen and oxygen atoms in total. The monoisotopic (exact) mass is 217 g/mol. The molecule has 0 unspecified atom stereocenters. The van der Waals surface area contributed by atoms with Crippen LogP contribution in [0.15, 0.2) is 18.2 Å². The molecule has 0 bridgehead atoms. The molecule has 0 saturated carbocycles. The van der Waals surface area contributed by atoms with Crippen LogP contribution in [0.25, 0.3) is 0 Å². The number of amides is 2. The minimum absolute atomic E-state index is 0.236. The predicted octanol–water partition coefficient (Wildman–Crippen LogP) is 2.40. The molecular formula is C12H15N3O. The van der Waals surface area contributed by atoms with Crippen LogP contribution in [0, 0.1) is 18.3 Å². The van der Waals surface area contributed by atoms with Gasteiger partial charge in [-0.25, -0.2) is 4.79 Å². The first kappa shape index (κ1) is 12.1. The molecule has 0 saturated heterocycles. The van der Waals surface area contributed by atoms with Gasteiger partial charge >= 0.3 is 6.03 Å². The summed E-state index contributed by atoms with van der Waals surface area (Å²) in [4.78, 5) is 11.4.